The first kappa shape index (κ1) is 11.7. The average Bonchev–Trinajstić information content (AvgIpc) is 2.16. The van der Waals surface area contributed by atoms with E-state index < -0.39 is 0 Å². The molecule has 0 rings (SSSR count). The summed E-state index contributed by atoms with van der Waals surface area (Å²) in [6.07, 6.45) is 21.5. The van der Waals surface area contributed by atoms with Crippen molar-refractivity contribution in [1.82, 2.24) is 0 Å². The summed E-state index contributed by atoms with van der Waals surface area (Å²) in [5, 5.41) is 0. The lowest BCUT2D eigenvalue weighted by molar-refractivity contribution is 1.38. The maximum atomic E-state index is 2.12. The Bertz CT molecular complexity index is 224. The van der Waals surface area contributed by atoms with E-state index in [0.717, 1.165) is 6.42 Å². The second kappa shape index (κ2) is 10.7. The third-order valence-electron chi connectivity index (χ3n) is 1.39. The number of rotatable bonds is 5. The zero-order chi connectivity index (χ0) is 9.78. The molecule has 0 amide bonds. The van der Waals surface area contributed by atoms with Gasteiger partial charge in [0.15, 0.2) is 0 Å². The molecule has 0 saturated heterocycles. The predicted octanol–water partition coefficient (Wildman–Crippen LogP) is 4.20. The van der Waals surface area contributed by atoms with E-state index >= 15 is 0 Å². The van der Waals surface area contributed by atoms with E-state index in [2.05, 4.69) is 24.3 Å². The zero-order valence-electron chi connectivity index (χ0n) is 8.48. The average molecular weight is 174 g/mol. The fraction of sp³-hybridized carbons (Fsp3) is 0.231. The van der Waals surface area contributed by atoms with Gasteiger partial charge in [-0.2, -0.15) is 0 Å². The van der Waals surface area contributed by atoms with E-state index in [4.69, 9.17) is 0 Å². The Morgan fingerprint density at radius 2 is 1.23 bits per heavy atom. The highest BCUT2D eigenvalue weighted by atomic mass is 13.7. The minimum absolute atomic E-state index is 1.01. The van der Waals surface area contributed by atoms with Crippen molar-refractivity contribution in [2.24, 2.45) is 0 Å². The fourth-order valence-corrected chi connectivity index (χ4v) is 0.739. The Labute approximate surface area is 81.7 Å². The maximum absolute atomic E-state index is 2.12. The van der Waals surface area contributed by atoms with Gasteiger partial charge in [-0.25, -0.2) is 0 Å². The van der Waals surface area contributed by atoms with Gasteiger partial charge in [-0.15, -0.1) is 0 Å². The number of allylic oxidation sites excluding steroid dienone is 10. The van der Waals surface area contributed by atoms with Crippen molar-refractivity contribution in [3.8, 4) is 0 Å². The van der Waals surface area contributed by atoms with E-state index in [1.165, 1.54) is 0 Å². The van der Waals surface area contributed by atoms with Crippen LogP contribution in [-0.2, 0) is 0 Å². The van der Waals surface area contributed by atoms with Gasteiger partial charge in [-0.1, -0.05) is 60.8 Å². The molecule has 13 heavy (non-hydrogen) atoms. The molecule has 0 atom stereocenters. The summed E-state index contributed by atoms with van der Waals surface area (Å²) in [7, 11) is 0. The molecule has 0 aliphatic heterocycles. The van der Waals surface area contributed by atoms with Crippen LogP contribution in [-0.4, -0.2) is 0 Å². The summed E-state index contributed by atoms with van der Waals surface area (Å²) in [5.74, 6) is 0. The summed E-state index contributed by atoms with van der Waals surface area (Å²) in [4.78, 5) is 0. The molecule has 0 radical (unpaired) electrons. The highest BCUT2D eigenvalue weighted by Gasteiger charge is 1.65. The molecule has 0 aromatic rings. The van der Waals surface area contributed by atoms with Gasteiger partial charge in [0, 0.05) is 0 Å². The van der Waals surface area contributed by atoms with Crippen molar-refractivity contribution in [2.45, 2.75) is 20.3 Å². The van der Waals surface area contributed by atoms with Gasteiger partial charge in [0.05, 0.1) is 0 Å². The van der Waals surface area contributed by atoms with Gasteiger partial charge in [0.1, 0.15) is 0 Å². The molecule has 70 valence electrons. The van der Waals surface area contributed by atoms with Crippen molar-refractivity contribution in [2.75, 3.05) is 0 Å². The smallest absolute Gasteiger partial charge is 0.0166 e. The number of hydrogen-bond donors (Lipinski definition) is 0. The van der Waals surface area contributed by atoms with Gasteiger partial charge in [-0.3, -0.25) is 0 Å². The van der Waals surface area contributed by atoms with Crippen LogP contribution in [0.1, 0.15) is 20.3 Å². The quantitative estimate of drug-likeness (QED) is 0.433. The number of hydrogen-bond acceptors (Lipinski definition) is 0. The molecule has 0 heteroatoms. The lowest BCUT2D eigenvalue weighted by Crippen LogP contribution is -1.55. The van der Waals surface area contributed by atoms with Crippen molar-refractivity contribution < 1.29 is 0 Å². The summed E-state index contributed by atoms with van der Waals surface area (Å²) in [6, 6.07) is 0. The topological polar surface area (TPSA) is 0 Å². The van der Waals surface area contributed by atoms with Crippen molar-refractivity contribution >= 4 is 0 Å². The summed E-state index contributed by atoms with van der Waals surface area (Å²) >= 11 is 0. The van der Waals surface area contributed by atoms with Crippen LogP contribution >= 0.6 is 0 Å². The molecule has 0 fully saturated rings. The van der Waals surface area contributed by atoms with Crippen LogP contribution in [0.3, 0.4) is 0 Å². The Hall–Kier alpha value is -1.30. The third-order valence-corrected chi connectivity index (χ3v) is 1.39. The molecule has 0 aliphatic carbocycles. The molecule has 0 N–H and O–H groups in total. The molecule has 0 nitrogen and oxygen atoms in total. The van der Waals surface area contributed by atoms with Gasteiger partial charge in [0.2, 0.25) is 0 Å². The molecular formula is C13H18. The Kier molecular flexibility index (Phi) is 9.63. The Balaban J connectivity index is 3.56. The minimum Gasteiger partial charge on any atom is -0.0914 e. The zero-order valence-corrected chi connectivity index (χ0v) is 8.48. The first-order valence-corrected chi connectivity index (χ1v) is 4.64. The van der Waals surface area contributed by atoms with Gasteiger partial charge >= 0.3 is 0 Å². The Morgan fingerprint density at radius 3 is 1.85 bits per heavy atom. The van der Waals surface area contributed by atoms with Crippen LogP contribution in [0.5, 0.6) is 0 Å². The third kappa shape index (κ3) is 10.7. The second-order valence-electron chi connectivity index (χ2n) is 2.53. The Morgan fingerprint density at radius 1 is 0.615 bits per heavy atom. The molecule has 0 aromatic carbocycles. The molecule has 0 unspecified atom stereocenters. The highest BCUT2D eigenvalue weighted by Crippen LogP contribution is 1.87. The van der Waals surface area contributed by atoms with Crippen molar-refractivity contribution in [3.63, 3.8) is 0 Å². The molecule has 0 spiro atoms. The minimum atomic E-state index is 1.01. The van der Waals surface area contributed by atoms with Gasteiger partial charge < -0.3 is 0 Å². The van der Waals surface area contributed by atoms with E-state index in [0.29, 0.717) is 0 Å². The van der Waals surface area contributed by atoms with Crippen LogP contribution in [0.15, 0.2) is 60.8 Å². The maximum Gasteiger partial charge on any atom is -0.0166 e. The first-order chi connectivity index (χ1) is 6.41. The summed E-state index contributed by atoms with van der Waals surface area (Å²) < 4.78 is 0. The second-order valence-corrected chi connectivity index (χ2v) is 2.53. The summed E-state index contributed by atoms with van der Waals surface area (Å²) in [6.45, 7) is 4.04. The van der Waals surface area contributed by atoms with Crippen LogP contribution in [0.4, 0.5) is 0 Å². The predicted molar refractivity (Wildman–Crippen MR) is 61.7 cm³/mol. The van der Waals surface area contributed by atoms with E-state index in [9.17, 15) is 0 Å². The lowest BCUT2D eigenvalue weighted by Gasteiger charge is -1.77. The highest BCUT2D eigenvalue weighted by molar-refractivity contribution is 5.15. The molecule has 0 heterocycles. The van der Waals surface area contributed by atoms with Crippen LogP contribution in [0, 0.1) is 0 Å². The molecule has 0 aliphatic rings. The normalized spacial score (nSPS) is 13.7. The fourth-order valence-electron chi connectivity index (χ4n) is 0.739. The van der Waals surface area contributed by atoms with Crippen molar-refractivity contribution in [3.05, 3.63) is 60.8 Å². The lowest BCUT2D eigenvalue weighted by atomic mass is 10.3. The molecular weight excluding hydrogens is 156 g/mol. The molecule has 0 saturated carbocycles. The van der Waals surface area contributed by atoms with E-state index in [-0.39, 0.29) is 0 Å². The monoisotopic (exact) mass is 174 g/mol. The molecule has 0 bridgehead atoms. The van der Waals surface area contributed by atoms with E-state index in [1.807, 2.05) is 50.3 Å². The first-order valence-electron chi connectivity index (χ1n) is 4.64. The van der Waals surface area contributed by atoms with Gasteiger partial charge in [0.25, 0.3) is 0 Å². The van der Waals surface area contributed by atoms with Crippen LogP contribution < -0.4 is 0 Å². The van der Waals surface area contributed by atoms with Crippen molar-refractivity contribution in [1.29, 1.82) is 0 Å². The standard InChI is InChI=1S/C13H18/c1-3-5-7-9-11-13-12-10-8-6-4-2/h3-7,9-13H,8H2,1-2H3. The van der Waals surface area contributed by atoms with Crippen LogP contribution in [0.2, 0.25) is 0 Å². The summed E-state index contributed by atoms with van der Waals surface area (Å²) in [5.41, 5.74) is 0. The SMILES string of the molecule is CC=CC=CC=CC=CCC=CC. The van der Waals surface area contributed by atoms with Gasteiger partial charge in [-0.05, 0) is 20.3 Å². The van der Waals surface area contributed by atoms with E-state index in [1.54, 1.807) is 0 Å². The van der Waals surface area contributed by atoms with Crippen LogP contribution in [0.25, 0.3) is 0 Å². The molecule has 0 aromatic heterocycles. The largest absolute Gasteiger partial charge is 0.0914 e.